The molecule has 0 aliphatic rings. The zero-order valence-corrected chi connectivity index (χ0v) is 17.6. The number of aromatic nitrogens is 1. The average molecular weight is 414 g/mol. The molecule has 0 saturated carbocycles. The van der Waals surface area contributed by atoms with Gasteiger partial charge in [0.2, 0.25) is 0 Å². The first-order chi connectivity index (χ1) is 14.1. The number of hydrogen-bond acceptors (Lipinski definition) is 6. The van der Waals surface area contributed by atoms with Crippen molar-refractivity contribution in [3.05, 3.63) is 58.4 Å². The second-order valence-electron chi connectivity index (χ2n) is 7.63. The molecule has 2 aromatic rings. The topological polar surface area (TPSA) is 101 Å². The molecular weight excluding hydrogens is 388 g/mol. The molecule has 0 aliphatic carbocycles. The molecule has 160 valence electrons. The van der Waals surface area contributed by atoms with Crippen LogP contribution in [0.15, 0.2) is 42.6 Å². The highest BCUT2D eigenvalue weighted by atomic mass is 16.6. The van der Waals surface area contributed by atoms with Crippen molar-refractivity contribution in [1.82, 2.24) is 4.57 Å². The maximum absolute atomic E-state index is 12.7. The van der Waals surface area contributed by atoms with E-state index >= 15 is 0 Å². The summed E-state index contributed by atoms with van der Waals surface area (Å²) >= 11 is 0. The van der Waals surface area contributed by atoms with Crippen molar-refractivity contribution in [2.24, 2.45) is 0 Å². The van der Waals surface area contributed by atoms with E-state index in [0.717, 1.165) is 12.8 Å². The first-order valence-corrected chi connectivity index (χ1v) is 9.66. The largest absolute Gasteiger partial charge is 0.463 e. The van der Waals surface area contributed by atoms with E-state index in [1.807, 2.05) is 6.92 Å². The highest BCUT2D eigenvalue weighted by molar-refractivity contribution is 5.89. The van der Waals surface area contributed by atoms with E-state index in [2.05, 4.69) is 0 Å². The van der Waals surface area contributed by atoms with E-state index in [0.29, 0.717) is 23.4 Å². The van der Waals surface area contributed by atoms with E-state index in [1.54, 1.807) is 45.0 Å². The van der Waals surface area contributed by atoms with Crippen molar-refractivity contribution in [1.29, 1.82) is 0 Å². The van der Waals surface area contributed by atoms with Gasteiger partial charge in [0.25, 0.3) is 5.69 Å². The van der Waals surface area contributed by atoms with Crippen LogP contribution in [0.5, 0.6) is 0 Å². The number of hydrogen-bond donors (Lipinski definition) is 0. The Bertz CT molecular complexity index is 953. The van der Waals surface area contributed by atoms with Crippen LogP contribution in [-0.2, 0) is 14.3 Å². The van der Waals surface area contributed by atoms with Crippen molar-refractivity contribution in [3.8, 4) is 11.1 Å². The van der Waals surface area contributed by atoms with Gasteiger partial charge in [-0.3, -0.25) is 14.7 Å². The molecule has 0 saturated heterocycles. The van der Waals surface area contributed by atoms with E-state index in [9.17, 15) is 19.7 Å². The molecule has 0 N–H and O–H groups in total. The lowest BCUT2D eigenvalue weighted by Gasteiger charge is -2.20. The number of nitrogens with zero attached hydrogens (tertiary/aromatic N) is 2. The van der Waals surface area contributed by atoms with Gasteiger partial charge < -0.3 is 9.47 Å². The van der Waals surface area contributed by atoms with Crippen LogP contribution in [0.1, 0.15) is 46.2 Å². The minimum Gasteiger partial charge on any atom is -0.463 e. The molecule has 8 nitrogen and oxygen atoms in total. The molecule has 0 aliphatic heterocycles. The fourth-order valence-corrected chi connectivity index (χ4v) is 2.62. The van der Waals surface area contributed by atoms with Gasteiger partial charge in [-0.25, -0.2) is 9.59 Å². The third-order valence-electron chi connectivity index (χ3n) is 3.98. The SMILES string of the molecule is CCCCOC(=O)/C=C/c1cc(-c2ccccc2[N+](=O)[O-])cn1C(=O)OC(C)(C)C. The van der Waals surface area contributed by atoms with Crippen LogP contribution in [0, 0.1) is 10.1 Å². The van der Waals surface area contributed by atoms with Gasteiger partial charge in [0.05, 0.1) is 22.8 Å². The van der Waals surface area contributed by atoms with Gasteiger partial charge in [-0.1, -0.05) is 25.5 Å². The Morgan fingerprint density at radius 3 is 2.57 bits per heavy atom. The highest BCUT2D eigenvalue weighted by Gasteiger charge is 2.22. The monoisotopic (exact) mass is 414 g/mol. The number of rotatable bonds is 7. The molecule has 1 aromatic heterocycles. The Morgan fingerprint density at radius 1 is 1.23 bits per heavy atom. The van der Waals surface area contributed by atoms with Crippen molar-refractivity contribution >= 4 is 23.8 Å². The van der Waals surface area contributed by atoms with Gasteiger partial charge in [-0.15, -0.1) is 0 Å². The third kappa shape index (κ3) is 6.30. The second kappa shape index (κ2) is 9.87. The van der Waals surface area contributed by atoms with Crippen LogP contribution in [0.4, 0.5) is 10.5 Å². The summed E-state index contributed by atoms with van der Waals surface area (Å²) in [5, 5.41) is 11.4. The Morgan fingerprint density at radius 2 is 1.93 bits per heavy atom. The number of nitro benzene ring substituents is 1. The summed E-state index contributed by atoms with van der Waals surface area (Å²) in [6.45, 7) is 7.50. The molecule has 1 aromatic carbocycles. The first-order valence-electron chi connectivity index (χ1n) is 9.66. The van der Waals surface area contributed by atoms with E-state index in [-0.39, 0.29) is 5.69 Å². The molecule has 0 unspecified atom stereocenters. The van der Waals surface area contributed by atoms with Crippen molar-refractivity contribution in [3.63, 3.8) is 0 Å². The quantitative estimate of drug-likeness (QED) is 0.203. The number of esters is 1. The average Bonchev–Trinajstić information content (AvgIpc) is 3.09. The Kier molecular flexibility index (Phi) is 7.52. The molecule has 8 heteroatoms. The minimum absolute atomic E-state index is 0.0895. The van der Waals surface area contributed by atoms with Crippen LogP contribution in [0.2, 0.25) is 0 Å². The summed E-state index contributed by atoms with van der Waals surface area (Å²) in [6.07, 6.45) is 5.10. The minimum atomic E-state index is -0.736. The van der Waals surface area contributed by atoms with Crippen LogP contribution >= 0.6 is 0 Å². The molecule has 30 heavy (non-hydrogen) atoms. The molecule has 2 rings (SSSR count). The van der Waals surface area contributed by atoms with E-state index < -0.39 is 22.6 Å². The molecule has 0 atom stereocenters. The maximum Gasteiger partial charge on any atom is 0.418 e. The summed E-state index contributed by atoms with van der Waals surface area (Å²) in [4.78, 5) is 35.4. The zero-order valence-electron chi connectivity index (χ0n) is 17.6. The van der Waals surface area contributed by atoms with Gasteiger partial charge in [0.1, 0.15) is 5.60 Å². The molecule has 0 spiro atoms. The number of carbonyl (C=O) groups is 2. The molecule has 0 bridgehead atoms. The number of benzene rings is 1. The molecule has 0 fully saturated rings. The molecule has 0 radical (unpaired) electrons. The summed E-state index contributed by atoms with van der Waals surface area (Å²) in [6, 6.07) is 7.82. The predicted molar refractivity (Wildman–Crippen MR) is 113 cm³/mol. The van der Waals surface area contributed by atoms with Gasteiger partial charge in [0, 0.05) is 23.9 Å². The zero-order chi connectivity index (χ0) is 22.3. The van der Waals surface area contributed by atoms with Crippen LogP contribution < -0.4 is 0 Å². The lowest BCUT2D eigenvalue weighted by atomic mass is 10.1. The predicted octanol–water partition coefficient (Wildman–Crippen LogP) is 5.20. The van der Waals surface area contributed by atoms with Crippen LogP contribution in [0.25, 0.3) is 17.2 Å². The summed E-state index contributed by atoms with van der Waals surface area (Å²) in [5.41, 5.74) is 0.315. The molecule has 0 amide bonds. The molecular formula is C22H26N2O6. The standard InChI is InChI=1S/C22H26N2O6/c1-5-6-13-29-20(25)12-11-17-14-16(15-23(17)21(26)30-22(2,3)4)18-9-7-8-10-19(18)24(27)28/h7-12,14-15H,5-6,13H2,1-4H3/b12-11+. The number of nitro groups is 1. The van der Waals surface area contributed by atoms with Crippen molar-refractivity contribution < 1.29 is 24.0 Å². The van der Waals surface area contributed by atoms with Gasteiger partial charge >= 0.3 is 12.1 Å². The highest BCUT2D eigenvalue weighted by Crippen LogP contribution is 2.31. The third-order valence-corrected chi connectivity index (χ3v) is 3.98. The van der Waals surface area contributed by atoms with Gasteiger partial charge in [-0.05, 0) is 45.4 Å². The number of ether oxygens (including phenoxy) is 2. The Labute approximate surface area is 175 Å². The summed E-state index contributed by atoms with van der Waals surface area (Å²) < 4.78 is 11.7. The molecule has 1 heterocycles. The summed E-state index contributed by atoms with van der Waals surface area (Å²) in [7, 11) is 0. The normalized spacial score (nSPS) is 11.5. The Hall–Kier alpha value is -3.42. The fraction of sp³-hybridized carbons (Fsp3) is 0.364. The van der Waals surface area contributed by atoms with Gasteiger partial charge in [0.15, 0.2) is 0 Å². The summed E-state index contributed by atoms with van der Waals surface area (Å²) in [5.74, 6) is -0.535. The van der Waals surface area contributed by atoms with Crippen LogP contribution in [-0.4, -0.2) is 33.8 Å². The number of unbranched alkanes of at least 4 members (excludes halogenated alkanes) is 1. The smallest absolute Gasteiger partial charge is 0.418 e. The maximum atomic E-state index is 12.7. The van der Waals surface area contributed by atoms with E-state index in [1.165, 1.54) is 29.0 Å². The number of para-hydroxylation sites is 1. The first kappa shape index (κ1) is 22.9. The van der Waals surface area contributed by atoms with Gasteiger partial charge in [-0.2, -0.15) is 0 Å². The lowest BCUT2D eigenvalue weighted by molar-refractivity contribution is -0.384. The Balaban J connectivity index is 2.43. The van der Waals surface area contributed by atoms with Crippen molar-refractivity contribution in [2.75, 3.05) is 6.61 Å². The number of carbonyl (C=O) groups excluding carboxylic acids is 2. The fourth-order valence-electron chi connectivity index (χ4n) is 2.62. The lowest BCUT2D eigenvalue weighted by Crippen LogP contribution is -2.27. The van der Waals surface area contributed by atoms with Crippen LogP contribution in [0.3, 0.4) is 0 Å². The van der Waals surface area contributed by atoms with Crippen molar-refractivity contribution in [2.45, 2.75) is 46.1 Å². The second-order valence-corrected chi connectivity index (χ2v) is 7.63. The van der Waals surface area contributed by atoms with E-state index in [4.69, 9.17) is 9.47 Å².